The van der Waals surface area contributed by atoms with Crippen LogP contribution in [0.15, 0.2) is 36.9 Å². The molecule has 4 heteroatoms. The molecule has 0 aliphatic carbocycles. The van der Waals surface area contributed by atoms with Gasteiger partial charge < -0.3 is 0 Å². The fraction of sp³-hybridized carbons (Fsp3) is 0.333. The van der Waals surface area contributed by atoms with Crippen LogP contribution in [0.4, 0.5) is 0 Å². The molecule has 1 aromatic carbocycles. The average Bonchev–Trinajstić information content (AvgIpc) is 2.81. The predicted molar refractivity (Wildman–Crippen MR) is 67.8 cm³/mol. The van der Waals surface area contributed by atoms with Crippen LogP contribution in [0.3, 0.4) is 0 Å². The third-order valence-electron chi connectivity index (χ3n) is 2.61. The summed E-state index contributed by atoms with van der Waals surface area (Å²) in [7, 11) is 0. The van der Waals surface area contributed by atoms with Crippen molar-refractivity contribution in [2.45, 2.75) is 19.4 Å². The van der Waals surface area contributed by atoms with Gasteiger partial charge >= 0.3 is 0 Å². The highest BCUT2D eigenvalue weighted by atomic mass is 32.1. The van der Waals surface area contributed by atoms with Crippen LogP contribution in [0.2, 0.25) is 0 Å². The Balaban J connectivity index is 2.16. The summed E-state index contributed by atoms with van der Waals surface area (Å²) in [5, 5.41) is 4.10. The number of hydrogen-bond donors (Lipinski definition) is 1. The van der Waals surface area contributed by atoms with Crippen LogP contribution in [0.1, 0.15) is 24.0 Å². The van der Waals surface area contributed by atoms with E-state index in [2.05, 4.69) is 53.9 Å². The highest BCUT2D eigenvalue weighted by Gasteiger charge is 2.04. The molecule has 0 aliphatic heterocycles. The van der Waals surface area contributed by atoms with Crippen LogP contribution in [0, 0.1) is 0 Å². The van der Waals surface area contributed by atoms with Gasteiger partial charge in [-0.15, -0.1) is 0 Å². The fourth-order valence-corrected chi connectivity index (χ4v) is 1.82. The summed E-state index contributed by atoms with van der Waals surface area (Å²) in [5.41, 5.74) is 2.57. The van der Waals surface area contributed by atoms with E-state index in [-0.39, 0.29) is 0 Å². The van der Waals surface area contributed by atoms with Crippen molar-refractivity contribution in [2.75, 3.05) is 5.75 Å². The number of aromatic nitrogens is 3. The molecule has 1 heterocycles. The second kappa shape index (κ2) is 5.16. The zero-order valence-electron chi connectivity index (χ0n) is 9.24. The molecule has 84 valence electrons. The largest absolute Gasteiger partial charge is 0.249 e. The molecule has 0 radical (unpaired) electrons. The Morgan fingerprint density at radius 1 is 1.44 bits per heavy atom. The van der Waals surface area contributed by atoms with Crippen molar-refractivity contribution in [2.24, 2.45) is 0 Å². The normalized spacial score (nSPS) is 12.6. The maximum atomic E-state index is 4.32. The Morgan fingerprint density at radius 3 is 3.00 bits per heavy atom. The highest BCUT2D eigenvalue weighted by molar-refractivity contribution is 7.80. The molecule has 1 aromatic heterocycles. The Bertz CT molecular complexity index is 439. The summed E-state index contributed by atoms with van der Waals surface area (Å²) >= 11 is 4.32. The summed E-state index contributed by atoms with van der Waals surface area (Å²) in [6.07, 6.45) is 3.29. The smallest absolute Gasteiger partial charge is 0.137 e. The maximum Gasteiger partial charge on any atom is 0.137 e. The molecule has 0 saturated carbocycles. The fourth-order valence-electron chi connectivity index (χ4n) is 1.60. The second-order valence-corrected chi connectivity index (χ2v) is 4.29. The van der Waals surface area contributed by atoms with Crippen molar-refractivity contribution in [1.29, 1.82) is 0 Å². The SMILES string of the molecule is CC(CS)c1cccc(Cn2cncn2)c1. The van der Waals surface area contributed by atoms with Gasteiger partial charge in [-0.2, -0.15) is 17.7 Å². The van der Waals surface area contributed by atoms with Gasteiger partial charge in [0, 0.05) is 0 Å². The molecule has 3 nitrogen and oxygen atoms in total. The molecule has 0 bridgehead atoms. The first kappa shape index (κ1) is 11.2. The van der Waals surface area contributed by atoms with Gasteiger partial charge in [-0.25, -0.2) is 9.67 Å². The van der Waals surface area contributed by atoms with Crippen LogP contribution in [-0.2, 0) is 6.54 Å². The molecule has 16 heavy (non-hydrogen) atoms. The molecule has 1 atom stereocenters. The average molecular weight is 233 g/mol. The standard InChI is InChI=1S/C12H15N3S/c1-10(7-16)12-4-2-3-11(5-12)6-15-9-13-8-14-15/h2-5,8-10,16H,6-7H2,1H3. The minimum absolute atomic E-state index is 0.485. The topological polar surface area (TPSA) is 30.7 Å². The first-order chi connectivity index (χ1) is 7.79. The number of thiol groups is 1. The molecule has 0 aliphatic rings. The van der Waals surface area contributed by atoms with Crippen molar-refractivity contribution in [3.8, 4) is 0 Å². The van der Waals surface area contributed by atoms with E-state index in [4.69, 9.17) is 0 Å². The van der Waals surface area contributed by atoms with Crippen LogP contribution >= 0.6 is 12.6 Å². The molecule has 0 saturated heterocycles. The Hall–Kier alpha value is -1.29. The molecule has 0 N–H and O–H groups in total. The first-order valence-electron chi connectivity index (χ1n) is 5.31. The molecule has 0 amide bonds. The molecule has 1 unspecified atom stereocenters. The highest BCUT2D eigenvalue weighted by Crippen LogP contribution is 2.17. The van der Waals surface area contributed by atoms with Crippen molar-refractivity contribution in [3.63, 3.8) is 0 Å². The van der Waals surface area contributed by atoms with E-state index in [1.54, 1.807) is 12.7 Å². The Morgan fingerprint density at radius 2 is 2.31 bits per heavy atom. The van der Waals surface area contributed by atoms with Crippen LogP contribution < -0.4 is 0 Å². The lowest BCUT2D eigenvalue weighted by Gasteiger charge is -2.10. The number of rotatable bonds is 4. The van der Waals surface area contributed by atoms with E-state index in [9.17, 15) is 0 Å². The summed E-state index contributed by atoms with van der Waals surface area (Å²) < 4.78 is 1.82. The maximum absolute atomic E-state index is 4.32. The van der Waals surface area contributed by atoms with Gasteiger partial charge in [0.2, 0.25) is 0 Å². The molecule has 0 spiro atoms. The van der Waals surface area contributed by atoms with Gasteiger partial charge in [-0.05, 0) is 22.8 Å². The van der Waals surface area contributed by atoms with Gasteiger partial charge in [-0.1, -0.05) is 31.2 Å². The van der Waals surface area contributed by atoms with Gasteiger partial charge in [0.25, 0.3) is 0 Å². The lowest BCUT2D eigenvalue weighted by molar-refractivity contribution is 0.683. The van der Waals surface area contributed by atoms with Crippen molar-refractivity contribution in [1.82, 2.24) is 14.8 Å². The van der Waals surface area contributed by atoms with E-state index in [1.165, 1.54) is 11.1 Å². The van der Waals surface area contributed by atoms with Gasteiger partial charge in [-0.3, -0.25) is 0 Å². The minimum Gasteiger partial charge on any atom is -0.249 e. The zero-order valence-corrected chi connectivity index (χ0v) is 10.1. The van der Waals surface area contributed by atoms with Crippen molar-refractivity contribution >= 4 is 12.6 Å². The van der Waals surface area contributed by atoms with E-state index < -0.39 is 0 Å². The lowest BCUT2D eigenvalue weighted by Crippen LogP contribution is -2.02. The quantitative estimate of drug-likeness (QED) is 0.822. The van der Waals surface area contributed by atoms with Crippen LogP contribution in [0.25, 0.3) is 0 Å². The van der Waals surface area contributed by atoms with Gasteiger partial charge in [0.15, 0.2) is 0 Å². The zero-order chi connectivity index (χ0) is 11.4. The van der Waals surface area contributed by atoms with Crippen LogP contribution in [0.5, 0.6) is 0 Å². The number of nitrogens with zero attached hydrogens (tertiary/aromatic N) is 3. The monoisotopic (exact) mass is 233 g/mol. The number of hydrogen-bond acceptors (Lipinski definition) is 3. The van der Waals surface area contributed by atoms with Crippen LogP contribution in [-0.4, -0.2) is 20.5 Å². The van der Waals surface area contributed by atoms with Gasteiger partial charge in [0.1, 0.15) is 12.7 Å². The van der Waals surface area contributed by atoms with E-state index >= 15 is 0 Å². The first-order valence-corrected chi connectivity index (χ1v) is 5.95. The molecule has 0 fully saturated rings. The molecular formula is C12H15N3S. The molecule has 2 aromatic rings. The van der Waals surface area contributed by atoms with E-state index in [0.717, 1.165) is 12.3 Å². The van der Waals surface area contributed by atoms with Gasteiger partial charge in [0.05, 0.1) is 6.54 Å². The Labute approximate surface area is 101 Å². The summed E-state index contributed by atoms with van der Waals surface area (Å²) in [6, 6.07) is 8.55. The lowest BCUT2D eigenvalue weighted by atomic mass is 10.0. The van der Waals surface area contributed by atoms with E-state index in [0.29, 0.717) is 5.92 Å². The third kappa shape index (κ3) is 2.64. The predicted octanol–water partition coefficient (Wildman–Crippen LogP) is 2.36. The van der Waals surface area contributed by atoms with E-state index in [1.807, 2.05) is 4.68 Å². The molecule has 2 rings (SSSR count). The van der Waals surface area contributed by atoms with Crippen molar-refractivity contribution in [3.05, 3.63) is 48.0 Å². The second-order valence-electron chi connectivity index (χ2n) is 3.92. The summed E-state index contributed by atoms with van der Waals surface area (Å²) in [6.45, 7) is 2.95. The summed E-state index contributed by atoms with van der Waals surface area (Å²) in [5.74, 6) is 1.35. The third-order valence-corrected chi connectivity index (χ3v) is 3.15. The minimum atomic E-state index is 0.485. The Kier molecular flexibility index (Phi) is 3.62. The summed E-state index contributed by atoms with van der Waals surface area (Å²) in [4.78, 5) is 3.93. The molecular weight excluding hydrogens is 218 g/mol. The van der Waals surface area contributed by atoms with Crippen molar-refractivity contribution < 1.29 is 0 Å². The number of benzene rings is 1.